The molecule has 0 unspecified atom stereocenters. The van der Waals surface area contributed by atoms with Crippen LogP contribution in [0, 0.1) is 0 Å². The van der Waals surface area contributed by atoms with Gasteiger partial charge in [0.2, 0.25) is 0 Å². The summed E-state index contributed by atoms with van der Waals surface area (Å²) in [6.45, 7) is 11.1. The zero-order valence-electron chi connectivity index (χ0n) is 9.39. The van der Waals surface area contributed by atoms with Crippen molar-refractivity contribution in [3.8, 4) is 0 Å². The lowest BCUT2D eigenvalue weighted by Gasteiger charge is -2.19. The van der Waals surface area contributed by atoms with Gasteiger partial charge in [0.05, 0.1) is 0 Å². The van der Waals surface area contributed by atoms with Crippen molar-refractivity contribution in [3.63, 3.8) is 0 Å². The normalized spacial score (nSPS) is 12.1. The Morgan fingerprint density at radius 2 is 2.07 bits per heavy atom. The molecule has 80 valence electrons. The molecule has 14 heavy (non-hydrogen) atoms. The summed E-state index contributed by atoms with van der Waals surface area (Å²) in [6.07, 6.45) is 3.46. The number of carbonyl (C=O) groups excluding carboxylic acids is 1. The van der Waals surface area contributed by atoms with Crippen LogP contribution in [0.1, 0.15) is 27.7 Å². The molecule has 0 aliphatic rings. The van der Waals surface area contributed by atoms with Gasteiger partial charge >= 0.3 is 5.97 Å². The molecule has 0 aromatic carbocycles. The molecule has 0 heterocycles. The highest BCUT2D eigenvalue weighted by Gasteiger charge is 2.15. The number of nitrogens with one attached hydrogen (secondary N) is 1. The largest absolute Gasteiger partial charge is 0.459 e. The Kier molecular flexibility index (Phi) is 4.99. The van der Waals surface area contributed by atoms with Gasteiger partial charge in [-0.05, 0) is 33.8 Å². The van der Waals surface area contributed by atoms with E-state index in [1.165, 1.54) is 0 Å². The fourth-order valence-electron chi connectivity index (χ4n) is 0.825. The van der Waals surface area contributed by atoms with Crippen molar-refractivity contribution < 1.29 is 9.53 Å². The average Bonchev–Trinajstić information content (AvgIpc) is 1.98. The maximum Gasteiger partial charge on any atom is 0.325 e. The topological polar surface area (TPSA) is 38.3 Å². The van der Waals surface area contributed by atoms with Crippen LogP contribution in [0.15, 0.2) is 24.4 Å². The Morgan fingerprint density at radius 1 is 1.50 bits per heavy atom. The highest BCUT2D eigenvalue weighted by atomic mass is 16.6. The number of hydrogen-bond acceptors (Lipinski definition) is 3. The van der Waals surface area contributed by atoms with E-state index in [1.54, 1.807) is 12.2 Å². The summed E-state index contributed by atoms with van der Waals surface area (Å²) in [4.78, 5) is 11.2. The molecule has 3 heteroatoms. The van der Waals surface area contributed by atoms with Gasteiger partial charge in [0.25, 0.3) is 0 Å². The van der Waals surface area contributed by atoms with Crippen molar-refractivity contribution in [1.29, 1.82) is 0 Å². The smallest absolute Gasteiger partial charge is 0.325 e. The lowest BCUT2D eigenvalue weighted by Crippen LogP contribution is -2.30. The van der Waals surface area contributed by atoms with Crippen molar-refractivity contribution in [3.05, 3.63) is 24.4 Å². The summed E-state index contributed by atoms with van der Waals surface area (Å²) in [5.41, 5.74) is 0.473. The molecule has 0 aliphatic heterocycles. The fraction of sp³-hybridized carbons (Fsp3) is 0.545. The van der Waals surface area contributed by atoms with E-state index >= 15 is 0 Å². The van der Waals surface area contributed by atoms with E-state index in [9.17, 15) is 4.79 Å². The molecule has 3 nitrogen and oxygen atoms in total. The summed E-state index contributed by atoms with van der Waals surface area (Å²) < 4.78 is 5.11. The van der Waals surface area contributed by atoms with Crippen molar-refractivity contribution in [2.45, 2.75) is 33.3 Å². The van der Waals surface area contributed by atoms with Crippen LogP contribution in [0.2, 0.25) is 0 Å². The van der Waals surface area contributed by atoms with E-state index in [2.05, 4.69) is 11.9 Å². The lowest BCUT2D eigenvalue weighted by molar-refractivity contribution is -0.153. The van der Waals surface area contributed by atoms with Crippen molar-refractivity contribution in [2.24, 2.45) is 0 Å². The molecule has 0 aromatic heterocycles. The molecule has 0 aliphatic carbocycles. The first-order valence-corrected chi connectivity index (χ1v) is 4.60. The third-order valence-corrected chi connectivity index (χ3v) is 1.30. The highest BCUT2D eigenvalue weighted by Crippen LogP contribution is 2.06. The van der Waals surface area contributed by atoms with Gasteiger partial charge < -0.3 is 10.1 Å². The van der Waals surface area contributed by atoms with E-state index in [0.717, 1.165) is 5.70 Å². The number of rotatable bonds is 4. The number of ether oxygens (including phenoxy) is 1. The molecule has 0 bridgehead atoms. The van der Waals surface area contributed by atoms with Gasteiger partial charge in [0.1, 0.15) is 12.1 Å². The van der Waals surface area contributed by atoms with Gasteiger partial charge in [-0.25, -0.2) is 0 Å². The second kappa shape index (κ2) is 5.47. The molecule has 0 saturated heterocycles. The number of allylic oxidation sites excluding steroid dienone is 3. The Hall–Kier alpha value is -1.25. The van der Waals surface area contributed by atoms with Crippen LogP contribution in [0.25, 0.3) is 0 Å². The van der Waals surface area contributed by atoms with E-state index in [-0.39, 0.29) is 12.5 Å². The fourth-order valence-corrected chi connectivity index (χ4v) is 0.825. The quantitative estimate of drug-likeness (QED) is 0.553. The summed E-state index contributed by atoms with van der Waals surface area (Å²) in [5.74, 6) is -0.255. The number of esters is 1. The highest BCUT2D eigenvalue weighted by molar-refractivity contribution is 5.72. The summed E-state index contributed by atoms with van der Waals surface area (Å²) in [5, 5.41) is 2.92. The standard InChI is InChI=1S/C11H19NO2/c1-6-7-9(2)12-8-10(13)14-11(3,4)5/h6-7,12H,1,8H2,2-5H3/b9-7+. The van der Waals surface area contributed by atoms with E-state index < -0.39 is 5.60 Å². The summed E-state index contributed by atoms with van der Waals surface area (Å²) in [7, 11) is 0. The minimum absolute atomic E-state index is 0.188. The van der Waals surface area contributed by atoms with Gasteiger partial charge in [0.15, 0.2) is 0 Å². The first kappa shape index (κ1) is 12.8. The zero-order chi connectivity index (χ0) is 11.2. The van der Waals surface area contributed by atoms with Crippen LogP contribution < -0.4 is 5.32 Å². The minimum Gasteiger partial charge on any atom is -0.459 e. The average molecular weight is 197 g/mol. The molecule has 0 spiro atoms. The van der Waals surface area contributed by atoms with Crippen LogP contribution in [-0.4, -0.2) is 18.1 Å². The molecule has 0 fully saturated rings. The predicted molar refractivity (Wildman–Crippen MR) is 57.8 cm³/mol. The maximum atomic E-state index is 11.2. The Labute approximate surface area is 85.8 Å². The third-order valence-electron chi connectivity index (χ3n) is 1.30. The van der Waals surface area contributed by atoms with Crippen LogP contribution in [0.4, 0.5) is 0 Å². The van der Waals surface area contributed by atoms with Crippen molar-refractivity contribution in [1.82, 2.24) is 5.32 Å². The monoisotopic (exact) mass is 197 g/mol. The molecular formula is C11H19NO2. The van der Waals surface area contributed by atoms with Gasteiger partial charge in [-0.2, -0.15) is 0 Å². The van der Waals surface area contributed by atoms with E-state index in [4.69, 9.17) is 4.74 Å². The second-order valence-corrected chi connectivity index (χ2v) is 4.03. The van der Waals surface area contributed by atoms with Crippen LogP contribution in [-0.2, 0) is 9.53 Å². The number of carbonyl (C=O) groups is 1. The van der Waals surface area contributed by atoms with Crippen molar-refractivity contribution >= 4 is 5.97 Å². The zero-order valence-corrected chi connectivity index (χ0v) is 9.39. The predicted octanol–water partition coefficient (Wildman–Crippen LogP) is 2.01. The van der Waals surface area contributed by atoms with E-state index in [1.807, 2.05) is 27.7 Å². The molecular weight excluding hydrogens is 178 g/mol. The molecule has 0 saturated carbocycles. The van der Waals surface area contributed by atoms with Crippen molar-refractivity contribution in [2.75, 3.05) is 6.54 Å². The molecule has 0 aromatic rings. The first-order valence-electron chi connectivity index (χ1n) is 4.60. The maximum absolute atomic E-state index is 11.2. The van der Waals surface area contributed by atoms with Crippen LogP contribution in [0.5, 0.6) is 0 Å². The van der Waals surface area contributed by atoms with Crippen LogP contribution in [0.3, 0.4) is 0 Å². The Morgan fingerprint density at radius 3 is 2.50 bits per heavy atom. The number of hydrogen-bond donors (Lipinski definition) is 1. The molecule has 1 N–H and O–H groups in total. The van der Waals surface area contributed by atoms with Gasteiger partial charge in [-0.15, -0.1) is 0 Å². The molecule has 0 radical (unpaired) electrons. The first-order chi connectivity index (χ1) is 6.35. The summed E-state index contributed by atoms with van der Waals surface area (Å²) >= 11 is 0. The Bertz CT molecular complexity index is 236. The second-order valence-electron chi connectivity index (χ2n) is 4.03. The van der Waals surface area contributed by atoms with Gasteiger partial charge in [0, 0.05) is 5.70 Å². The van der Waals surface area contributed by atoms with E-state index in [0.29, 0.717) is 0 Å². The molecule has 0 rings (SSSR count). The SMILES string of the molecule is C=C/C=C(\C)NCC(=O)OC(C)(C)C. The lowest BCUT2D eigenvalue weighted by atomic mass is 10.2. The molecule has 0 amide bonds. The van der Waals surface area contributed by atoms with Gasteiger partial charge in [-0.3, -0.25) is 4.79 Å². The summed E-state index contributed by atoms with van der Waals surface area (Å²) in [6, 6.07) is 0. The minimum atomic E-state index is -0.422. The third kappa shape index (κ3) is 7.40. The molecule has 0 atom stereocenters. The van der Waals surface area contributed by atoms with Crippen LogP contribution >= 0.6 is 0 Å². The Balaban J connectivity index is 3.86. The van der Waals surface area contributed by atoms with Gasteiger partial charge in [-0.1, -0.05) is 12.7 Å².